The second-order valence-electron chi connectivity index (χ2n) is 6.38. The fourth-order valence-electron chi connectivity index (χ4n) is 3.10. The molecular formula is C17H20N4O6S. The monoisotopic (exact) mass is 408 g/mol. The minimum absolute atomic E-state index is 0.185. The molecule has 2 unspecified atom stereocenters. The van der Waals surface area contributed by atoms with Gasteiger partial charge in [0.15, 0.2) is 0 Å². The van der Waals surface area contributed by atoms with Crippen molar-refractivity contribution < 1.29 is 29.0 Å². The Balaban J connectivity index is 1.76. The molecule has 1 fully saturated rings. The lowest BCUT2D eigenvalue weighted by Crippen LogP contribution is -2.70. The number of carboxylic acid groups (broad SMARTS) is 1. The van der Waals surface area contributed by atoms with Gasteiger partial charge in [0.05, 0.1) is 11.3 Å². The van der Waals surface area contributed by atoms with Crippen LogP contribution in [0, 0.1) is 6.92 Å². The van der Waals surface area contributed by atoms with E-state index in [0.717, 1.165) is 4.90 Å². The predicted molar refractivity (Wildman–Crippen MR) is 98.3 cm³/mol. The van der Waals surface area contributed by atoms with Gasteiger partial charge < -0.3 is 15.2 Å². The standard InChI is InChI=1S/C17H20N4O6S/c1-4-20-5-11(8(2)19-20)14(23)18-12-15(24)21-13(17(25)26)10(6-27-9(3)22)7-28-16(12)21/h5,12,16H,4,6-7H2,1-3H3,(H,18,23)(H,25,26). The highest BCUT2D eigenvalue weighted by Gasteiger charge is 2.54. The number of hydrogen-bond donors (Lipinski definition) is 2. The first-order chi connectivity index (χ1) is 13.2. The summed E-state index contributed by atoms with van der Waals surface area (Å²) >= 11 is 1.31. The number of amides is 2. The number of esters is 1. The van der Waals surface area contributed by atoms with Gasteiger partial charge in [0.25, 0.3) is 11.8 Å². The quantitative estimate of drug-likeness (QED) is 0.502. The van der Waals surface area contributed by atoms with Crippen molar-refractivity contribution in [3.8, 4) is 0 Å². The van der Waals surface area contributed by atoms with Gasteiger partial charge in [-0.3, -0.25) is 24.0 Å². The van der Waals surface area contributed by atoms with Gasteiger partial charge in [-0.05, 0) is 13.8 Å². The second kappa shape index (κ2) is 7.66. The van der Waals surface area contributed by atoms with Gasteiger partial charge >= 0.3 is 11.9 Å². The largest absolute Gasteiger partial charge is 0.477 e. The number of ether oxygens (including phenoxy) is 1. The molecule has 0 aliphatic carbocycles. The number of nitrogens with one attached hydrogen (secondary N) is 1. The van der Waals surface area contributed by atoms with Gasteiger partial charge in [0.2, 0.25) is 0 Å². The smallest absolute Gasteiger partial charge is 0.352 e. The number of nitrogens with zero attached hydrogens (tertiary/aromatic N) is 3. The number of hydrogen-bond acceptors (Lipinski definition) is 7. The molecule has 2 aliphatic heterocycles. The van der Waals surface area contributed by atoms with Crippen LogP contribution < -0.4 is 5.32 Å². The zero-order valence-corrected chi connectivity index (χ0v) is 16.4. The maximum Gasteiger partial charge on any atom is 0.352 e. The van der Waals surface area contributed by atoms with Crippen LogP contribution in [-0.4, -0.2) is 67.3 Å². The molecule has 2 N–H and O–H groups in total. The van der Waals surface area contributed by atoms with E-state index in [1.165, 1.54) is 18.7 Å². The molecule has 0 spiro atoms. The van der Waals surface area contributed by atoms with Crippen LogP contribution in [0.15, 0.2) is 17.5 Å². The lowest BCUT2D eigenvalue weighted by molar-refractivity contribution is -0.149. The van der Waals surface area contributed by atoms with Crippen molar-refractivity contribution >= 4 is 35.5 Å². The number of β-lactam (4-membered cyclic amide) rings is 1. The summed E-state index contributed by atoms with van der Waals surface area (Å²) in [5, 5.41) is 15.9. The Labute approximate surface area is 164 Å². The summed E-state index contributed by atoms with van der Waals surface area (Å²) in [6.45, 7) is 5.25. The third-order valence-electron chi connectivity index (χ3n) is 4.50. The summed E-state index contributed by atoms with van der Waals surface area (Å²) in [7, 11) is 0. The maximum absolute atomic E-state index is 12.6. The van der Waals surface area contributed by atoms with Gasteiger partial charge in [0.1, 0.15) is 23.7 Å². The SMILES string of the molecule is CCn1cc(C(=O)NC2C(=O)N3C(C(=O)O)=C(COC(C)=O)CSC23)c(C)n1. The van der Waals surface area contributed by atoms with Crippen LogP contribution in [0.1, 0.15) is 29.9 Å². The average molecular weight is 408 g/mol. The highest BCUT2D eigenvalue weighted by molar-refractivity contribution is 8.00. The average Bonchev–Trinajstić information content (AvgIpc) is 3.04. The Kier molecular flexibility index (Phi) is 5.45. The van der Waals surface area contributed by atoms with Gasteiger partial charge in [0, 0.05) is 31.0 Å². The summed E-state index contributed by atoms with van der Waals surface area (Å²) in [5.74, 6) is -2.47. The number of aryl methyl sites for hydroxylation is 2. The molecule has 0 radical (unpaired) electrons. The highest BCUT2D eigenvalue weighted by Crippen LogP contribution is 2.40. The topological polar surface area (TPSA) is 131 Å². The third kappa shape index (κ3) is 3.49. The summed E-state index contributed by atoms with van der Waals surface area (Å²) in [5.41, 5.74) is 1.09. The fraction of sp³-hybridized carbons (Fsp3) is 0.471. The Morgan fingerprint density at radius 2 is 2.14 bits per heavy atom. The molecule has 2 atom stereocenters. The summed E-state index contributed by atoms with van der Waals surface area (Å²) in [6, 6.07) is -0.827. The van der Waals surface area contributed by atoms with Crippen molar-refractivity contribution in [1.29, 1.82) is 0 Å². The summed E-state index contributed by atoms with van der Waals surface area (Å²) < 4.78 is 6.52. The first-order valence-corrected chi connectivity index (χ1v) is 9.67. The number of carboxylic acids is 1. The van der Waals surface area contributed by atoms with Crippen LogP contribution >= 0.6 is 11.8 Å². The van der Waals surface area contributed by atoms with Crippen molar-refractivity contribution in [3.05, 3.63) is 28.7 Å². The number of aliphatic carboxylic acids is 1. The van der Waals surface area contributed by atoms with Crippen LogP contribution in [0.25, 0.3) is 0 Å². The molecule has 28 heavy (non-hydrogen) atoms. The minimum Gasteiger partial charge on any atom is -0.477 e. The normalized spacial score (nSPS) is 21.1. The fourth-order valence-corrected chi connectivity index (χ4v) is 4.43. The molecule has 1 aromatic heterocycles. The molecule has 150 valence electrons. The van der Waals surface area contributed by atoms with E-state index in [4.69, 9.17) is 4.74 Å². The number of rotatable bonds is 6. The van der Waals surface area contributed by atoms with Crippen LogP contribution in [0.3, 0.4) is 0 Å². The van der Waals surface area contributed by atoms with Crippen LogP contribution in [0.4, 0.5) is 0 Å². The molecular weight excluding hydrogens is 388 g/mol. The first-order valence-electron chi connectivity index (χ1n) is 8.62. The number of carbonyl (C=O) groups excluding carboxylic acids is 3. The molecule has 3 rings (SSSR count). The van der Waals surface area contributed by atoms with Crippen molar-refractivity contribution in [2.75, 3.05) is 12.4 Å². The molecule has 0 aromatic carbocycles. The van der Waals surface area contributed by atoms with E-state index < -0.39 is 35.2 Å². The van der Waals surface area contributed by atoms with Gasteiger partial charge in [-0.25, -0.2) is 4.79 Å². The highest BCUT2D eigenvalue weighted by atomic mass is 32.2. The number of aromatic nitrogens is 2. The minimum atomic E-state index is -1.27. The second-order valence-corrected chi connectivity index (χ2v) is 7.49. The van der Waals surface area contributed by atoms with Gasteiger partial charge in [-0.2, -0.15) is 5.10 Å². The molecule has 1 saturated heterocycles. The number of carbonyl (C=O) groups is 4. The zero-order valence-electron chi connectivity index (χ0n) is 15.6. The van der Waals surface area contributed by atoms with Crippen LogP contribution in [-0.2, 0) is 25.7 Å². The van der Waals surface area contributed by atoms with E-state index in [-0.39, 0.29) is 18.1 Å². The summed E-state index contributed by atoms with van der Waals surface area (Å²) in [4.78, 5) is 49.0. The summed E-state index contributed by atoms with van der Waals surface area (Å²) in [6.07, 6.45) is 1.61. The van der Waals surface area contributed by atoms with E-state index in [2.05, 4.69) is 10.4 Å². The van der Waals surface area contributed by atoms with Crippen LogP contribution in [0.2, 0.25) is 0 Å². The van der Waals surface area contributed by atoms with E-state index in [9.17, 15) is 24.3 Å². The van der Waals surface area contributed by atoms with Crippen LogP contribution in [0.5, 0.6) is 0 Å². The van der Waals surface area contributed by atoms with E-state index in [1.807, 2.05) is 6.92 Å². The van der Waals surface area contributed by atoms with E-state index in [0.29, 0.717) is 23.4 Å². The molecule has 0 bridgehead atoms. The van der Waals surface area contributed by atoms with E-state index >= 15 is 0 Å². The van der Waals surface area contributed by atoms with Crippen molar-refractivity contribution in [2.24, 2.45) is 0 Å². The number of thioether (sulfide) groups is 1. The van der Waals surface area contributed by atoms with Gasteiger partial charge in [-0.15, -0.1) is 11.8 Å². The number of fused-ring (bicyclic) bond motifs is 1. The molecule has 1 aromatic rings. The molecule has 0 saturated carbocycles. The van der Waals surface area contributed by atoms with Crippen molar-refractivity contribution in [3.63, 3.8) is 0 Å². The molecule has 10 nitrogen and oxygen atoms in total. The third-order valence-corrected chi connectivity index (χ3v) is 5.84. The zero-order chi connectivity index (χ0) is 20.6. The van der Waals surface area contributed by atoms with E-state index in [1.54, 1.807) is 17.8 Å². The molecule has 11 heteroatoms. The first kappa shape index (κ1) is 19.9. The maximum atomic E-state index is 12.6. The molecule has 2 aliphatic rings. The Hall–Kier alpha value is -2.82. The van der Waals surface area contributed by atoms with Crippen molar-refractivity contribution in [1.82, 2.24) is 20.0 Å². The van der Waals surface area contributed by atoms with Gasteiger partial charge in [-0.1, -0.05) is 0 Å². The Bertz CT molecular complexity index is 892. The molecule has 2 amide bonds. The lowest BCUT2D eigenvalue weighted by atomic mass is 10.0. The Morgan fingerprint density at radius 1 is 1.43 bits per heavy atom. The predicted octanol–water partition coefficient (Wildman–Crippen LogP) is 0.127. The lowest BCUT2D eigenvalue weighted by Gasteiger charge is -2.49. The molecule has 3 heterocycles. The van der Waals surface area contributed by atoms with Crippen molar-refractivity contribution in [2.45, 2.75) is 38.7 Å². The Morgan fingerprint density at radius 3 is 2.71 bits per heavy atom.